The number of piperidine rings is 1. The standard InChI is InChI=1S/C19H20N4O2/c1-25-18-7-6-17(15-4-2-3-5-16(15)18)19(24)22-10-8-14(9-11-22)23-12-20-21-13-23/h2-7,12-14H,8-11H2,1H3. The number of hydrogen-bond donors (Lipinski definition) is 0. The fourth-order valence-electron chi connectivity index (χ4n) is 3.57. The van der Waals surface area contributed by atoms with Crippen molar-refractivity contribution in [1.82, 2.24) is 19.7 Å². The second-order valence-electron chi connectivity index (χ2n) is 6.29. The van der Waals surface area contributed by atoms with Gasteiger partial charge in [-0.25, -0.2) is 0 Å². The number of fused-ring (bicyclic) bond motifs is 1. The number of likely N-dealkylation sites (tertiary alicyclic amines) is 1. The number of carbonyl (C=O) groups is 1. The third kappa shape index (κ3) is 2.84. The summed E-state index contributed by atoms with van der Waals surface area (Å²) >= 11 is 0. The normalized spacial score (nSPS) is 15.5. The molecular formula is C19H20N4O2. The van der Waals surface area contributed by atoms with Gasteiger partial charge in [-0.2, -0.15) is 0 Å². The van der Waals surface area contributed by atoms with Crippen molar-refractivity contribution in [3.63, 3.8) is 0 Å². The number of methoxy groups -OCH3 is 1. The second-order valence-corrected chi connectivity index (χ2v) is 6.29. The van der Waals surface area contributed by atoms with Gasteiger partial charge in [0.15, 0.2) is 0 Å². The van der Waals surface area contributed by atoms with Gasteiger partial charge in [0.05, 0.1) is 7.11 Å². The van der Waals surface area contributed by atoms with E-state index in [9.17, 15) is 4.79 Å². The van der Waals surface area contributed by atoms with Gasteiger partial charge in [0.1, 0.15) is 18.4 Å². The molecule has 1 amide bonds. The van der Waals surface area contributed by atoms with Gasteiger partial charge in [0.2, 0.25) is 0 Å². The molecule has 0 aliphatic carbocycles. The highest BCUT2D eigenvalue weighted by Crippen LogP contribution is 2.30. The largest absolute Gasteiger partial charge is 0.496 e. The Labute approximate surface area is 146 Å². The van der Waals surface area contributed by atoms with E-state index in [1.165, 1.54) is 0 Å². The van der Waals surface area contributed by atoms with E-state index in [-0.39, 0.29) is 5.91 Å². The van der Waals surface area contributed by atoms with Crippen LogP contribution in [0.3, 0.4) is 0 Å². The molecule has 1 fully saturated rings. The molecule has 2 heterocycles. The summed E-state index contributed by atoms with van der Waals surface area (Å²) in [6.45, 7) is 1.48. The van der Waals surface area contributed by atoms with Gasteiger partial charge in [-0.1, -0.05) is 24.3 Å². The Morgan fingerprint density at radius 2 is 1.72 bits per heavy atom. The zero-order valence-electron chi connectivity index (χ0n) is 14.1. The number of rotatable bonds is 3. The maximum atomic E-state index is 13.1. The van der Waals surface area contributed by atoms with E-state index < -0.39 is 0 Å². The average molecular weight is 336 g/mol. The van der Waals surface area contributed by atoms with Crippen LogP contribution in [0.5, 0.6) is 5.75 Å². The lowest BCUT2D eigenvalue weighted by Crippen LogP contribution is -2.39. The molecule has 0 spiro atoms. The van der Waals surface area contributed by atoms with Gasteiger partial charge >= 0.3 is 0 Å². The van der Waals surface area contributed by atoms with Gasteiger partial charge in [0.25, 0.3) is 5.91 Å². The summed E-state index contributed by atoms with van der Waals surface area (Å²) in [4.78, 5) is 15.0. The Bertz CT molecular complexity index is 884. The smallest absolute Gasteiger partial charge is 0.254 e. The first-order valence-electron chi connectivity index (χ1n) is 8.47. The van der Waals surface area contributed by atoms with Gasteiger partial charge in [-0.15, -0.1) is 10.2 Å². The third-order valence-corrected chi connectivity index (χ3v) is 4.94. The van der Waals surface area contributed by atoms with Crippen LogP contribution in [0, 0.1) is 0 Å². The molecule has 0 N–H and O–H groups in total. The molecule has 3 aromatic rings. The van der Waals surface area contributed by atoms with E-state index in [1.54, 1.807) is 19.8 Å². The number of benzene rings is 2. The number of hydrogen-bond acceptors (Lipinski definition) is 4. The van der Waals surface area contributed by atoms with Crippen molar-refractivity contribution >= 4 is 16.7 Å². The van der Waals surface area contributed by atoms with E-state index in [2.05, 4.69) is 10.2 Å². The van der Waals surface area contributed by atoms with Crippen molar-refractivity contribution in [1.29, 1.82) is 0 Å². The summed E-state index contributed by atoms with van der Waals surface area (Å²) < 4.78 is 7.46. The van der Waals surface area contributed by atoms with Crippen LogP contribution >= 0.6 is 0 Å². The van der Waals surface area contributed by atoms with Crippen molar-refractivity contribution in [3.05, 3.63) is 54.6 Å². The highest BCUT2D eigenvalue weighted by molar-refractivity contribution is 6.08. The van der Waals surface area contributed by atoms with Crippen LogP contribution in [0.4, 0.5) is 0 Å². The Hall–Kier alpha value is -2.89. The first kappa shape index (κ1) is 15.6. The van der Waals surface area contributed by atoms with Crippen molar-refractivity contribution < 1.29 is 9.53 Å². The molecule has 6 nitrogen and oxygen atoms in total. The topological polar surface area (TPSA) is 60.2 Å². The Kier molecular flexibility index (Phi) is 4.09. The number of amides is 1. The lowest BCUT2D eigenvalue weighted by molar-refractivity contribution is 0.0696. The van der Waals surface area contributed by atoms with Gasteiger partial charge in [-0.3, -0.25) is 4.79 Å². The average Bonchev–Trinajstić information content (AvgIpc) is 3.21. The highest BCUT2D eigenvalue weighted by Gasteiger charge is 2.25. The highest BCUT2D eigenvalue weighted by atomic mass is 16.5. The molecule has 1 aliphatic heterocycles. The van der Waals surface area contributed by atoms with E-state index >= 15 is 0 Å². The number of aromatic nitrogens is 3. The van der Waals surface area contributed by atoms with Crippen LogP contribution in [-0.2, 0) is 0 Å². The van der Waals surface area contributed by atoms with Crippen LogP contribution in [0.2, 0.25) is 0 Å². The van der Waals surface area contributed by atoms with Gasteiger partial charge in [-0.05, 0) is 30.4 Å². The summed E-state index contributed by atoms with van der Waals surface area (Å²) in [6, 6.07) is 12.0. The van der Waals surface area contributed by atoms with E-state index in [0.717, 1.165) is 48.0 Å². The summed E-state index contributed by atoms with van der Waals surface area (Å²) in [5.41, 5.74) is 0.735. The minimum atomic E-state index is 0.0843. The monoisotopic (exact) mass is 336 g/mol. The van der Waals surface area contributed by atoms with Crippen molar-refractivity contribution in [2.45, 2.75) is 18.9 Å². The zero-order valence-corrected chi connectivity index (χ0v) is 14.1. The van der Waals surface area contributed by atoms with Crippen molar-refractivity contribution in [3.8, 4) is 5.75 Å². The fraction of sp³-hybridized carbons (Fsp3) is 0.316. The fourth-order valence-corrected chi connectivity index (χ4v) is 3.57. The molecule has 0 unspecified atom stereocenters. The molecule has 128 valence electrons. The molecule has 0 atom stereocenters. The molecule has 0 bridgehead atoms. The maximum absolute atomic E-state index is 13.1. The summed E-state index contributed by atoms with van der Waals surface area (Å²) in [5, 5.41) is 9.65. The van der Waals surface area contributed by atoms with Crippen molar-refractivity contribution in [2.75, 3.05) is 20.2 Å². The predicted molar refractivity (Wildman–Crippen MR) is 94.7 cm³/mol. The maximum Gasteiger partial charge on any atom is 0.254 e. The van der Waals surface area contributed by atoms with E-state index in [4.69, 9.17) is 4.74 Å². The van der Waals surface area contributed by atoms with Gasteiger partial charge in [0, 0.05) is 30.1 Å². The van der Waals surface area contributed by atoms with Crippen LogP contribution in [-0.4, -0.2) is 45.8 Å². The molecule has 1 saturated heterocycles. The second kappa shape index (κ2) is 6.55. The van der Waals surface area contributed by atoms with Crippen molar-refractivity contribution in [2.24, 2.45) is 0 Å². The molecule has 25 heavy (non-hydrogen) atoms. The van der Waals surface area contributed by atoms with E-state index in [0.29, 0.717) is 6.04 Å². The van der Waals surface area contributed by atoms with Crippen LogP contribution in [0.25, 0.3) is 10.8 Å². The first-order chi connectivity index (χ1) is 12.3. The Morgan fingerprint density at radius 1 is 1.04 bits per heavy atom. The molecule has 6 heteroatoms. The summed E-state index contributed by atoms with van der Waals surface area (Å²) in [7, 11) is 1.65. The SMILES string of the molecule is COc1ccc(C(=O)N2CCC(n3cnnc3)CC2)c2ccccc12. The quantitative estimate of drug-likeness (QED) is 0.738. The minimum Gasteiger partial charge on any atom is -0.496 e. The third-order valence-electron chi connectivity index (χ3n) is 4.94. The number of nitrogens with zero attached hydrogens (tertiary/aromatic N) is 4. The molecule has 1 aliphatic rings. The first-order valence-corrected chi connectivity index (χ1v) is 8.47. The number of ether oxygens (including phenoxy) is 1. The summed E-state index contributed by atoms with van der Waals surface area (Å²) in [6.07, 6.45) is 5.33. The lowest BCUT2D eigenvalue weighted by atomic mass is 10.00. The lowest BCUT2D eigenvalue weighted by Gasteiger charge is -2.32. The number of carbonyl (C=O) groups excluding carboxylic acids is 1. The molecule has 0 saturated carbocycles. The molecular weight excluding hydrogens is 316 g/mol. The molecule has 1 aromatic heterocycles. The Balaban J connectivity index is 1.57. The van der Waals surface area contributed by atoms with Crippen LogP contribution in [0.1, 0.15) is 29.2 Å². The zero-order chi connectivity index (χ0) is 17.2. The van der Waals surface area contributed by atoms with Crippen LogP contribution < -0.4 is 4.74 Å². The molecule has 2 aromatic carbocycles. The molecule has 4 rings (SSSR count). The predicted octanol–water partition coefficient (Wildman–Crippen LogP) is 2.92. The minimum absolute atomic E-state index is 0.0843. The van der Waals surface area contributed by atoms with Crippen LogP contribution in [0.15, 0.2) is 49.1 Å². The summed E-state index contributed by atoms with van der Waals surface area (Å²) in [5.74, 6) is 0.875. The Morgan fingerprint density at radius 3 is 2.40 bits per heavy atom. The van der Waals surface area contributed by atoms with E-state index in [1.807, 2.05) is 45.9 Å². The molecule has 0 radical (unpaired) electrons. The van der Waals surface area contributed by atoms with Gasteiger partial charge < -0.3 is 14.2 Å².